The highest BCUT2D eigenvalue weighted by molar-refractivity contribution is 5.87. The van der Waals surface area contributed by atoms with Gasteiger partial charge in [0.25, 0.3) is 0 Å². The van der Waals surface area contributed by atoms with E-state index in [1.54, 1.807) is 32.0 Å². The molecule has 0 aliphatic rings. The molecule has 0 aliphatic carbocycles. The van der Waals surface area contributed by atoms with E-state index in [1.165, 1.54) is 6.07 Å². The summed E-state index contributed by atoms with van der Waals surface area (Å²) in [6.07, 6.45) is 0. The molecule has 0 atom stereocenters. The van der Waals surface area contributed by atoms with E-state index in [1.807, 2.05) is 0 Å². The summed E-state index contributed by atoms with van der Waals surface area (Å²) in [6, 6.07) is 6.22. The molecule has 0 aliphatic heterocycles. The molecule has 2 rings (SSSR count). The standard InChI is InChI=1S/C13H11FN2O2/c1-7-5-9(3-4-10(7)14)11-6-8(2)12(13(17)18)16-15-11/h3-6H,1-2H3,(H,17,18). The van der Waals surface area contributed by atoms with Crippen LogP contribution in [0.3, 0.4) is 0 Å². The number of carbonyl (C=O) groups is 1. The van der Waals surface area contributed by atoms with Gasteiger partial charge in [0.2, 0.25) is 0 Å². The summed E-state index contributed by atoms with van der Waals surface area (Å²) in [5.41, 5.74) is 2.20. The van der Waals surface area contributed by atoms with Gasteiger partial charge in [0.1, 0.15) is 5.82 Å². The first-order valence-corrected chi connectivity index (χ1v) is 5.33. The molecule has 18 heavy (non-hydrogen) atoms. The predicted molar refractivity (Wildman–Crippen MR) is 63.9 cm³/mol. The molecule has 1 aromatic heterocycles. The number of carboxylic acids is 1. The molecule has 0 bridgehead atoms. The lowest BCUT2D eigenvalue weighted by Crippen LogP contribution is -2.05. The van der Waals surface area contributed by atoms with Gasteiger partial charge in [-0.2, -0.15) is 0 Å². The van der Waals surface area contributed by atoms with E-state index in [-0.39, 0.29) is 11.5 Å². The molecule has 0 spiro atoms. The summed E-state index contributed by atoms with van der Waals surface area (Å²) in [5, 5.41) is 16.4. The second kappa shape index (κ2) is 4.52. The molecule has 0 saturated carbocycles. The Hall–Kier alpha value is -2.30. The molecule has 0 unspecified atom stereocenters. The number of carboxylic acid groups (broad SMARTS) is 1. The van der Waals surface area contributed by atoms with Gasteiger partial charge in [-0.15, -0.1) is 10.2 Å². The Kier molecular flexibility index (Phi) is 3.06. The zero-order chi connectivity index (χ0) is 13.3. The van der Waals surface area contributed by atoms with Crippen LogP contribution in [0.25, 0.3) is 11.3 Å². The SMILES string of the molecule is Cc1cc(-c2cc(C)c(C(=O)O)nn2)ccc1F. The van der Waals surface area contributed by atoms with Crippen molar-refractivity contribution in [3.05, 3.63) is 46.9 Å². The quantitative estimate of drug-likeness (QED) is 0.884. The third-order valence-corrected chi connectivity index (χ3v) is 2.64. The third kappa shape index (κ3) is 2.20. The second-order valence-electron chi connectivity index (χ2n) is 4.03. The van der Waals surface area contributed by atoms with E-state index in [0.717, 1.165) is 0 Å². The lowest BCUT2D eigenvalue weighted by atomic mass is 10.1. The smallest absolute Gasteiger partial charge is 0.356 e. The van der Waals surface area contributed by atoms with Crippen LogP contribution in [0.15, 0.2) is 24.3 Å². The summed E-state index contributed by atoms with van der Waals surface area (Å²) < 4.78 is 13.1. The third-order valence-electron chi connectivity index (χ3n) is 2.64. The normalized spacial score (nSPS) is 10.4. The maximum absolute atomic E-state index is 13.1. The Labute approximate surface area is 103 Å². The molecule has 0 fully saturated rings. The Morgan fingerprint density at radius 1 is 1.17 bits per heavy atom. The molecule has 92 valence electrons. The first-order valence-electron chi connectivity index (χ1n) is 5.33. The largest absolute Gasteiger partial charge is 0.476 e. The summed E-state index contributed by atoms with van der Waals surface area (Å²) in [6.45, 7) is 3.31. The first kappa shape index (κ1) is 12.2. The van der Waals surface area contributed by atoms with Gasteiger partial charge >= 0.3 is 5.97 Å². The van der Waals surface area contributed by atoms with Crippen molar-refractivity contribution >= 4 is 5.97 Å². The number of aromatic nitrogens is 2. The van der Waals surface area contributed by atoms with Gasteiger partial charge in [0.15, 0.2) is 5.69 Å². The van der Waals surface area contributed by atoms with Crippen molar-refractivity contribution in [3.63, 3.8) is 0 Å². The molecular weight excluding hydrogens is 235 g/mol. The molecule has 0 radical (unpaired) electrons. The molecule has 1 heterocycles. The van der Waals surface area contributed by atoms with E-state index >= 15 is 0 Å². The van der Waals surface area contributed by atoms with Gasteiger partial charge in [-0.3, -0.25) is 0 Å². The fourth-order valence-electron chi connectivity index (χ4n) is 1.64. The van der Waals surface area contributed by atoms with Gasteiger partial charge in [-0.1, -0.05) is 0 Å². The molecule has 5 heteroatoms. The zero-order valence-electron chi connectivity index (χ0n) is 9.94. The van der Waals surface area contributed by atoms with E-state index in [4.69, 9.17) is 5.11 Å². The Bertz CT molecular complexity index is 626. The van der Waals surface area contributed by atoms with E-state index in [2.05, 4.69) is 10.2 Å². The number of benzene rings is 1. The van der Waals surface area contributed by atoms with E-state index in [0.29, 0.717) is 22.4 Å². The van der Waals surface area contributed by atoms with Crippen LogP contribution in [-0.4, -0.2) is 21.3 Å². The van der Waals surface area contributed by atoms with Crippen molar-refractivity contribution in [2.45, 2.75) is 13.8 Å². The second-order valence-corrected chi connectivity index (χ2v) is 4.03. The van der Waals surface area contributed by atoms with Crippen molar-refractivity contribution in [1.29, 1.82) is 0 Å². The van der Waals surface area contributed by atoms with Crippen LogP contribution < -0.4 is 0 Å². The van der Waals surface area contributed by atoms with Crippen LogP contribution in [0.5, 0.6) is 0 Å². The lowest BCUT2D eigenvalue weighted by Gasteiger charge is -2.05. The summed E-state index contributed by atoms with van der Waals surface area (Å²) in [5.74, 6) is -1.40. The number of hydrogen-bond donors (Lipinski definition) is 1. The maximum Gasteiger partial charge on any atom is 0.356 e. The lowest BCUT2D eigenvalue weighted by molar-refractivity contribution is 0.0688. The van der Waals surface area contributed by atoms with E-state index in [9.17, 15) is 9.18 Å². The number of rotatable bonds is 2. The highest BCUT2D eigenvalue weighted by Crippen LogP contribution is 2.21. The maximum atomic E-state index is 13.1. The van der Waals surface area contributed by atoms with Gasteiger partial charge in [0.05, 0.1) is 5.69 Å². The Morgan fingerprint density at radius 3 is 2.44 bits per heavy atom. The monoisotopic (exact) mass is 246 g/mol. The van der Waals surface area contributed by atoms with Crippen LogP contribution in [0.2, 0.25) is 0 Å². The van der Waals surface area contributed by atoms with Crippen LogP contribution in [0, 0.1) is 19.7 Å². The first-order chi connectivity index (χ1) is 8.49. The average molecular weight is 246 g/mol. The van der Waals surface area contributed by atoms with Crippen LogP contribution in [-0.2, 0) is 0 Å². The van der Waals surface area contributed by atoms with Crippen LogP contribution >= 0.6 is 0 Å². The van der Waals surface area contributed by atoms with Gasteiger partial charge in [0, 0.05) is 5.56 Å². The minimum atomic E-state index is -1.11. The molecule has 2 aromatic rings. The molecule has 1 N–H and O–H groups in total. The molecule has 0 saturated heterocycles. The highest BCUT2D eigenvalue weighted by atomic mass is 19.1. The number of nitrogens with zero attached hydrogens (tertiary/aromatic N) is 2. The van der Waals surface area contributed by atoms with Crippen molar-refractivity contribution in [2.24, 2.45) is 0 Å². The van der Waals surface area contributed by atoms with Crippen molar-refractivity contribution in [3.8, 4) is 11.3 Å². The average Bonchev–Trinajstić information content (AvgIpc) is 2.32. The van der Waals surface area contributed by atoms with Crippen LogP contribution in [0.1, 0.15) is 21.6 Å². The number of hydrogen-bond acceptors (Lipinski definition) is 3. The number of aromatic carboxylic acids is 1. The molecule has 4 nitrogen and oxygen atoms in total. The van der Waals surface area contributed by atoms with Gasteiger partial charge < -0.3 is 5.11 Å². The molecule has 1 aromatic carbocycles. The number of aryl methyl sites for hydroxylation is 2. The molecular formula is C13H11FN2O2. The topological polar surface area (TPSA) is 63.1 Å². The molecule has 0 amide bonds. The predicted octanol–water partition coefficient (Wildman–Crippen LogP) is 2.60. The van der Waals surface area contributed by atoms with Gasteiger partial charge in [-0.25, -0.2) is 9.18 Å². The minimum absolute atomic E-state index is 0.0717. The number of halogens is 1. The van der Waals surface area contributed by atoms with Crippen molar-refractivity contribution < 1.29 is 14.3 Å². The fourth-order valence-corrected chi connectivity index (χ4v) is 1.64. The zero-order valence-corrected chi connectivity index (χ0v) is 9.94. The fraction of sp³-hybridized carbons (Fsp3) is 0.154. The van der Waals surface area contributed by atoms with E-state index < -0.39 is 5.97 Å². The van der Waals surface area contributed by atoms with Crippen molar-refractivity contribution in [2.75, 3.05) is 0 Å². The Morgan fingerprint density at radius 2 is 1.89 bits per heavy atom. The minimum Gasteiger partial charge on any atom is -0.476 e. The van der Waals surface area contributed by atoms with Gasteiger partial charge in [-0.05, 0) is 49.2 Å². The Balaban J connectivity index is 2.48. The summed E-state index contributed by atoms with van der Waals surface area (Å²) in [4.78, 5) is 10.8. The summed E-state index contributed by atoms with van der Waals surface area (Å²) in [7, 11) is 0. The highest BCUT2D eigenvalue weighted by Gasteiger charge is 2.11. The van der Waals surface area contributed by atoms with Crippen molar-refractivity contribution in [1.82, 2.24) is 10.2 Å². The van der Waals surface area contributed by atoms with Crippen LogP contribution in [0.4, 0.5) is 4.39 Å². The summed E-state index contributed by atoms with van der Waals surface area (Å²) >= 11 is 0.